The van der Waals surface area contributed by atoms with E-state index in [9.17, 15) is 0 Å². The average molecular weight is 275 g/mol. The molecule has 112 valence electrons. The van der Waals surface area contributed by atoms with Gasteiger partial charge in [-0.05, 0) is 39.3 Å². The van der Waals surface area contributed by atoms with Gasteiger partial charge < -0.3 is 10.2 Å². The SMILES string of the molecule is C=C(C)CN(CC)c1nc(C)cc(C)c1CNC(C)C. The second-order valence-electron chi connectivity index (χ2n) is 5.89. The van der Waals surface area contributed by atoms with E-state index in [4.69, 9.17) is 4.98 Å². The van der Waals surface area contributed by atoms with E-state index in [1.807, 2.05) is 0 Å². The van der Waals surface area contributed by atoms with Gasteiger partial charge in [-0.25, -0.2) is 4.98 Å². The minimum atomic E-state index is 0.472. The number of likely N-dealkylation sites (N-methyl/N-ethyl adjacent to an activating group) is 1. The topological polar surface area (TPSA) is 28.2 Å². The molecule has 1 aromatic rings. The predicted molar refractivity (Wildman–Crippen MR) is 88.4 cm³/mol. The zero-order valence-electron chi connectivity index (χ0n) is 13.9. The highest BCUT2D eigenvalue weighted by Gasteiger charge is 2.15. The number of nitrogens with one attached hydrogen (secondary N) is 1. The molecule has 0 aliphatic rings. The van der Waals surface area contributed by atoms with Crippen molar-refractivity contribution in [1.82, 2.24) is 10.3 Å². The quantitative estimate of drug-likeness (QED) is 0.771. The van der Waals surface area contributed by atoms with Crippen LogP contribution in [-0.4, -0.2) is 24.1 Å². The average Bonchev–Trinajstić information content (AvgIpc) is 2.33. The zero-order valence-corrected chi connectivity index (χ0v) is 13.9. The second kappa shape index (κ2) is 7.44. The summed E-state index contributed by atoms with van der Waals surface area (Å²) in [6, 6.07) is 2.63. The van der Waals surface area contributed by atoms with Crippen molar-refractivity contribution in [1.29, 1.82) is 0 Å². The maximum atomic E-state index is 4.78. The Bertz CT molecular complexity index is 464. The van der Waals surface area contributed by atoms with E-state index in [-0.39, 0.29) is 0 Å². The first kappa shape index (κ1) is 16.7. The van der Waals surface area contributed by atoms with Crippen LogP contribution in [0, 0.1) is 13.8 Å². The van der Waals surface area contributed by atoms with Crippen LogP contribution in [0.5, 0.6) is 0 Å². The summed E-state index contributed by atoms with van der Waals surface area (Å²) in [6.45, 7) is 19.5. The maximum absolute atomic E-state index is 4.78. The minimum Gasteiger partial charge on any atom is -0.353 e. The normalized spacial score (nSPS) is 10.9. The van der Waals surface area contributed by atoms with Gasteiger partial charge in [0.25, 0.3) is 0 Å². The van der Waals surface area contributed by atoms with Crippen molar-refractivity contribution in [2.75, 3.05) is 18.0 Å². The van der Waals surface area contributed by atoms with Crippen LogP contribution in [0.3, 0.4) is 0 Å². The van der Waals surface area contributed by atoms with Gasteiger partial charge in [0.15, 0.2) is 0 Å². The predicted octanol–water partition coefficient (Wildman–Crippen LogP) is 3.60. The lowest BCUT2D eigenvalue weighted by atomic mass is 10.1. The molecule has 0 aliphatic carbocycles. The molecule has 3 heteroatoms. The van der Waals surface area contributed by atoms with Gasteiger partial charge in [-0.15, -0.1) is 0 Å². The molecule has 0 aromatic carbocycles. The molecule has 0 fully saturated rings. The summed E-state index contributed by atoms with van der Waals surface area (Å²) in [5.74, 6) is 1.10. The number of rotatable bonds is 7. The van der Waals surface area contributed by atoms with Gasteiger partial charge in [0.05, 0.1) is 0 Å². The molecule has 0 spiro atoms. The largest absolute Gasteiger partial charge is 0.353 e. The lowest BCUT2D eigenvalue weighted by Gasteiger charge is -2.26. The van der Waals surface area contributed by atoms with E-state index >= 15 is 0 Å². The van der Waals surface area contributed by atoms with Crippen molar-refractivity contribution in [3.8, 4) is 0 Å². The summed E-state index contributed by atoms with van der Waals surface area (Å²) < 4.78 is 0. The molecule has 3 nitrogen and oxygen atoms in total. The van der Waals surface area contributed by atoms with Crippen molar-refractivity contribution in [2.45, 2.75) is 54.1 Å². The monoisotopic (exact) mass is 275 g/mol. The third-order valence-corrected chi connectivity index (χ3v) is 3.28. The van der Waals surface area contributed by atoms with Crippen molar-refractivity contribution >= 4 is 5.82 Å². The number of hydrogen-bond acceptors (Lipinski definition) is 3. The smallest absolute Gasteiger partial charge is 0.133 e. The van der Waals surface area contributed by atoms with Crippen LogP contribution in [0.15, 0.2) is 18.2 Å². The highest BCUT2D eigenvalue weighted by atomic mass is 15.2. The van der Waals surface area contributed by atoms with Crippen molar-refractivity contribution in [3.05, 3.63) is 35.0 Å². The number of anilines is 1. The maximum Gasteiger partial charge on any atom is 0.133 e. The van der Waals surface area contributed by atoms with Crippen molar-refractivity contribution < 1.29 is 0 Å². The third kappa shape index (κ3) is 4.64. The molecule has 0 saturated heterocycles. The Morgan fingerprint density at radius 3 is 2.55 bits per heavy atom. The molecule has 0 amide bonds. The second-order valence-corrected chi connectivity index (χ2v) is 5.89. The molecule has 0 bridgehead atoms. The first-order valence-electron chi connectivity index (χ1n) is 7.45. The number of hydrogen-bond donors (Lipinski definition) is 1. The highest BCUT2D eigenvalue weighted by molar-refractivity contribution is 5.52. The van der Waals surface area contributed by atoms with E-state index in [0.29, 0.717) is 6.04 Å². The number of aryl methyl sites for hydroxylation is 2. The molecule has 0 unspecified atom stereocenters. The Morgan fingerprint density at radius 1 is 1.40 bits per heavy atom. The summed E-state index contributed by atoms with van der Waals surface area (Å²) >= 11 is 0. The standard InChI is InChI=1S/C17H29N3/c1-8-20(11-12(2)3)17-16(10-18-13(4)5)14(6)9-15(7)19-17/h9,13,18H,2,8,10-11H2,1,3-7H3. The fourth-order valence-corrected chi connectivity index (χ4v) is 2.29. The fourth-order valence-electron chi connectivity index (χ4n) is 2.29. The van der Waals surface area contributed by atoms with Gasteiger partial charge in [0, 0.05) is 36.9 Å². The number of pyridine rings is 1. The molecule has 1 N–H and O–H groups in total. The zero-order chi connectivity index (χ0) is 15.3. The fraction of sp³-hybridized carbons (Fsp3) is 0.588. The highest BCUT2D eigenvalue weighted by Crippen LogP contribution is 2.23. The van der Waals surface area contributed by atoms with Gasteiger partial charge in [0.2, 0.25) is 0 Å². The Morgan fingerprint density at radius 2 is 2.05 bits per heavy atom. The third-order valence-electron chi connectivity index (χ3n) is 3.28. The van der Waals surface area contributed by atoms with Crippen LogP contribution in [0.2, 0.25) is 0 Å². The molecule has 0 saturated carbocycles. The minimum absolute atomic E-state index is 0.472. The molecule has 1 rings (SSSR count). The summed E-state index contributed by atoms with van der Waals surface area (Å²) in [5, 5.41) is 3.51. The van der Waals surface area contributed by atoms with E-state index in [1.165, 1.54) is 11.1 Å². The van der Waals surface area contributed by atoms with Crippen LogP contribution in [0.25, 0.3) is 0 Å². The van der Waals surface area contributed by atoms with E-state index < -0.39 is 0 Å². The Kier molecular flexibility index (Phi) is 6.21. The molecule has 1 heterocycles. The van der Waals surface area contributed by atoms with Crippen LogP contribution in [0.4, 0.5) is 5.82 Å². The molecule has 0 aliphatic heterocycles. The number of nitrogens with zero attached hydrogens (tertiary/aromatic N) is 2. The van der Waals surface area contributed by atoms with Crippen LogP contribution >= 0.6 is 0 Å². The Hall–Kier alpha value is -1.35. The van der Waals surface area contributed by atoms with Gasteiger partial charge in [-0.3, -0.25) is 0 Å². The molecule has 0 radical (unpaired) electrons. The first-order chi connectivity index (χ1) is 9.35. The number of aromatic nitrogens is 1. The van der Waals surface area contributed by atoms with Crippen LogP contribution < -0.4 is 10.2 Å². The van der Waals surface area contributed by atoms with Crippen molar-refractivity contribution in [2.24, 2.45) is 0 Å². The van der Waals surface area contributed by atoms with Crippen molar-refractivity contribution in [3.63, 3.8) is 0 Å². The molecule has 20 heavy (non-hydrogen) atoms. The van der Waals surface area contributed by atoms with E-state index in [0.717, 1.165) is 36.7 Å². The molecule has 1 aromatic heterocycles. The van der Waals surface area contributed by atoms with Crippen LogP contribution in [-0.2, 0) is 6.54 Å². The van der Waals surface area contributed by atoms with Gasteiger partial charge in [-0.1, -0.05) is 26.0 Å². The van der Waals surface area contributed by atoms with Gasteiger partial charge in [0.1, 0.15) is 5.82 Å². The summed E-state index contributed by atoms with van der Waals surface area (Å²) in [7, 11) is 0. The van der Waals surface area contributed by atoms with Crippen LogP contribution in [0.1, 0.15) is 44.5 Å². The lowest BCUT2D eigenvalue weighted by Crippen LogP contribution is -2.29. The summed E-state index contributed by atoms with van der Waals surface area (Å²) in [4.78, 5) is 7.09. The van der Waals surface area contributed by atoms with E-state index in [1.54, 1.807) is 0 Å². The Balaban J connectivity index is 3.16. The molecular weight excluding hydrogens is 246 g/mol. The summed E-state index contributed by atoms with van der Waals surface area (Å²) in [6.07, 6.45) is 0. The molecule has 0 atom stereocenters. The van der Waals surface area contributed by atoms with Gasteiger partial charge in [-0.2, -0.15) is 0 Å². The van der Waals surface area contributed by atoms with E-state index in [2.05, 4.69) is 64.4 Å². The Labute approximate surface area is 124 Å². The van der Waals surface area contributed by atoms with Gasteiger partial charge >= 0.3 is 0 Å². The lowest BCUT2D eigenvalue weighted by molar-refractivity contribution is 0.585. The summed E-state index contributed by atoms with van der Waals surface area (Å²) in [5.41, 5.74) is 4.84. The first-order valence-corrected chi connectivity index (χ1v) is 7.45. The molecular formula is C17H29N3.